The van der Waals surface area contributed by atoms with Gasteiger partial charge in [0.25, 0.3) is 0 Å². The van der Waals surface area contributed by atoms with Crippen molar-refractivity contribution in [3.05, 3.63) is 76.1 Å². The molecule has 0 saturated carbocycles. The highest BCUT2D eigenvalue weighted by molar-refractivity contribution is 6.33. The summed E-state index contributed by atoms with van der Waals surface area (Å²) in [6, 6.07) is 15.0. The summed E-state index contributed by atoms with van der Waals surface area (Å²) < 4.78 is 7.47. The predicted octanol–water partition coefficient (Wildman–Crippen LogP) is 5.04. The lowest BCUT2D eigenvalue weighted by Gasteiger charge is -2.34. The number of ether oxygens (including phenoxy) is 1. The average Bonchev–Trinajstić information content (AvgIpc) is 3.55. The smallest absolute Gasteiger partial charge is 0.229 e. The van der Waals surface area contributed by atoms with Crippen LogP contribution in [0.1, 0.15) is 62.4 Å². The lowest BCUT2D eigenvalue weighted by molar-refractivity contribution is -0.129. The summed E-state index contributed by atoms with van der Waals surface area (Å²) in [6.45, 7) is 12.9. The van der Waals surface area contributed by atoms with Gasteiger partial charge in [-0.1, -0.05) is 42.8 Å². The van der Waals surface area contributed by atoms with E-state index in [9.17, 15) is 9.59 Å². The minimum absolute atomic E-state index is 0.253. The fraction of sp³-hybridized carbons (Fsp3) is 0.474. The maximum absolute atomic E-state index is 13.1. The molecule has 0 aliphatic carbocycles. The second kappa shape index (κ2) is 16.8. The highest BCUT2D eigenvalue weighted by Crippen LogP contribution is 2.32. The maximum Gasteiger partial charge on any atom is 0.229 e. The summed E-state index contributed by atoms with van der Waals surface area (Å²) in [5, 5.41) is 19.2. The Morgan fingerprint density at radius 3 is 2.60 bits per heavy atom. The third kappa shape index (κ3) is 8.63. The Bertz CT molecular complexity index is 1800. The largest absolute Gasteiger partial charge is 0.381 e. The molecule has 50 heavy (non-hydrogen) atoms. The molecule has 0 spiro atoms. The summed E-state index contributed by atoms with van der Waals surface area (Å²) >= 11 is 6.66. The number of rotatable bonds is 13. The molecule has 2 aromatic carbocycles. The second-order valence-electron chi connectivity index (χ2n) is 13.3. The first-order valence-electron chi connectivity index (χ1n) is 17.9. The summed E-state index contributed by atoms with van der Waals surface area (Å²) in [5.41, 5.74) is 7.70. The number of pyridine rings is 1. The standard InChI is InChI=1S/C38H49ClN8O3/c1-4-34-31(37(44-29-11-15-50-16-12-29)32-23-43-47(5-2)38(32)45-34)22-42-36(49)19-35(48)41-21-26-9-10-33(39)30(18-26)28-8-6-7-27(17-28)24-46-14-13-40-20-25(46)3/h6-10,17-18,23,25,29,40H,4-5,11-16,19-22,24H2,1-3H3,(H,41,48)(H,42,49)(H,44,45)/t25-/m0/s1. The molecule has 1 atom stereocenters. The SMILES string of the molecule is CCc1nc2c(cnn2CC)c(NC2CCOCC2)c1CNC(=O)CC(=O)NCc1ccc(Cl)c(-c2cccc(CN3CCNC[C@@H]3C)c2)c1. The average molecular weight is 701 g/mol. The van der Waals surface area contributed by atoms with Gasteiger partial charge in [0.2, 0.25) is 11.8 Å². The third-order valence-electron chi connectivity index (χ3n) is 9.74. The first-order chi connectivity index (χ1) is 24.3. The molecule has 2 aliphatic heterocycles. The summed E-state index contributed by atoms with van der Waals surface area (Å²) in [5.74, 6) is -0.696. The van der Waals surface area contributed by atoms with E-state index in [4.69, 9.17) is 21.3 Å². The number of aryl methyl sites for hydroxylation is 2. The number of carbonyl (C=O) groups is 2. The van der Waals surface area contributed by atoms with E-state index in [1.807, 2.05) is 36.0 Å². The number of nitrogens with zero attached hydrogens (tertiary/aromatic N) is 4. The molecule has 12 heteroatoms. The normalized spacial score (nSPS) is 17.2. The van der Waals surface area contributed by atoms with Gasteiger partial charge in [-0.3, -0.25) is 14.5 Å². The van der Waals surface area contributed by atoms with Gasteiger partial charge in [-0.15, -0.1) is 0 Å². The Morgan fingerprint density at radius 2 is 1.84 bits per heavy atom. The van der Waals surface area contributed by atoms with Gasteiger partial charge in [-0.2, -0.15) is 5.10 Å². The Morgan fingerprint density at radius 1 is 1.04 bits per heavy atom. The highest BCUT2D eigenvalue weighted by atomic mass is 35.5. The Balaban J connectivity index is 1.08. The van der Waals surface area contributed by atoms with Crippen LogP contribution in [0, 0.1) is 0 Å². The van der Waals surface area contributed by atoms with Crippen molar-refractivity contribution in [2.24, 2.45) is 0 Å². The Hall–Kier alpha value is -4.03. The van der Waals surface area contributed by atoms with E-state index in [-0.39, 0.29) is 37.4 Å². The molecule has 4 heterocycles. The van der Waals surface area contributed by atoms with E-state index in [1.165, 1.54) is 5.56 Å². The van der Waals surface area contributed by atoms with Gasteiger partial charge in [-0.25, -0.2) is 9.67 Å². The molecule has 4 N–H and O–H groups in total. The van der Waals surface area contributed by atoms with Gasteiger partial charge in [0.1, 0.15) is 6.42 Å². The van der Waals surface area contributed by atoms with Gasteiger partial charge in [0, 0.05) is 93.0 Å². The number of halogens is 1. The lowest BCUT2D eigenvalue weighted by Crippen LogP contribution is -2.49. The zero-order valence-electron chi connectivity index (χ0n) is 29.4. The Labute approximate surface area is 299 Å². The zero-order valence-corrected chi connectivity index (χ0v) is 30.1. The van der Waals surface area contributed by atoms with Crippen LogP contribution in [0.15, 0.2) is 48.7 Å². The monoisotopic (exact) mass is 700 g/mol. The fourth-order valence-corrected chi connectivity index (χ4v) is 7.08. The summed E-state index contributed by atoms with van der Waals surface area (Å²) in [6.07, 6.45) is 4.06. The van der Waals surface area contributed by atoms with Crippen molar-refractivity contribution in [1.82, 2.24) is 35.6 Å². The van der Waals surface area contributed by atoms with Crippen molar-refractivity contribution in [2.45, 2.75) is 84.7 Å². The van der Waals surface area contributed by atoms with Gasteiger partial charge < -0.3 is 26.0 Å². The van der Waals surface area contributed by atoms with Crippen LogP contribution in [0.4, 0.5) is 5.69 Å². The summed E-state index contributed by atoms with van der Waals surface area (Å²) in [4.78, 5) is 33.4. The van der Waals surface area contributed by atoms with Crippen LogP contribution in [-0.2, 0) is 46.9 Å². The molecule has 2 aliphatic rings. The van der Waals surface area contributed by atoms with Crippen molar-refractivity contribution >= 4 is 40.1 Å². The topological polar surface area (TPSA) is 125 Å². The number of piperazine rings is 1. The lowest BCUT2D eigenvalue weighted by atomic mass is 10.00. The molecule has 0 bridgehead atoms. The first kappa shape index (κ1) is 35.8. The van der Waals surface area contributed by atoms with Gasteiger partial charge in [0.15, 0.2) is 5.65 Å². The number of anilines is 1. The van der Waals surface area contributed by atoms with Crippen LogP contribution < -0.4 is 21.3 Å². The van der Waals surface area contributed by atoms with E-state index >= 15 is 0 Å². The molecule has 266 valence electrons. The highest BCUT2D eigenvalue weighted by Gasteiger charge is 2.23. The number of nitrogens with one attached hydrogen (secondary N) is 4. The van der Waals surface area contributed by atoms with Crippen molar-refractivity contribution < 1.29 is 14.3 Å². The van der Waals surface area contributed by atoms with Crippen molar-refractivity contribution in [3.63, 3.8) is 0 Å². The zero-order chi connectivity index (χ0) is 35.0. The van der Waals surface area contributed by atoms with Crippen LogP contribution in [0.2, 0.25) is 5.02 Å². The molecule has 4 aromatic rings. The number of benzene rings is 2. The van der Waals surface area contributed by atoms with Crippen molar-refractivity contribution in [2.75, 3.05) is 38.2 Å². The van der Waals surface area contributed by atoms with Crippen LogP contribution in [0.3, 0.4) is 0 Å². The molecule has 6 rings (SSSR count). The molecular formula is C38H49ClN8O3. The van der Waals surface area contributed by atoms with E-state index in [1.54, 1.807) is 0 Å². The maximum atomic E-state index is 13.1. The molecule has 2 saturated heterocycles. The van der Waals surface area contributed by atoms with Gasteiger partial charge in [-0.05, 0) is 68.0 Å². The third-order valence-corrected chi connectivity index (χ3v) is 10.1. The summed E-state index contributed by atoms with van der Waals surface area (Å²) in [7, 11) is 0. The van der Waals surface area contributed by atoms with Crippen LogP contribution in [0.5, 0.6) is 0 Å². The molecule has 11 nitrogen and oxygen atoms in total. The number of aromatic nitrogens is 3. The number of hydrogen-bond donors (Lipinski definition) is 4. The van der Waals surface area contributed by atoms with Crippen LogP contribution in [0.25, 0.3) is 22.2 Å². The number of carbonyl (C=O) groups excluding carboxylic acids is 2. The van der Waals surface area contributed by atoms with Crippen LogP contribution in [-0.4, -0.2) is 76.4 Å². The van der Waals surface area contributed by atoms with Gasteiger partial charge in [0.05, 0.1) is 17.3 Å². The van der Waals surface area contributed by atoms with E-state index in [0.717, 1.165) is 83.7 Å². The van der Waals surface area contributed by atoms with Crippen molar-refractivity contribution in [3.8, 4) is 11.1 Å². The van der Waals surface area contributed by atoms with Crippen molar-refractivity contribution in [1.29, 1.82) is 0 Å². The fourth-order valence-electron chi connectivity index (χ4n) is 6.85. The number of hydrogen-bond acceptors (Lipinski definition) is 8. The van der Waals surface area contributed by atoms with E-state index in [2.05, 4.69) is 69.4 Å². The van der Waals surface area contributed by atoms with Crippen LogP contribution >= 0.6 is 11.6 Å². The Kier molecular flexibility index (Phi) is 12.0. The first-order valence-corrected chi connectivity index (χ1v) is 18.3. The molecule has 2 fully saturated rings. The minimum atomic E-state index is -0.349. The minimum Gasteiger partial charge on any atom is -0.381 e. The second-order valence-corrected chi connectivity index (χ2v) is 13.7. The van der Waals surface area contributed by atoms with E-state index in [0.29, 0.717) is 37.2 Å². The molecule has 0 unspecified atom stereocenters. The molecule has 2 aromatic heterocycles. The van der Waals surface area contributed by atoms with E-state index < -0.39 is 0 Å². The molecular weight excluding hydrogens is 652 g/mol. The predicted molar refractivity (Wildman–Crippen MR) is 198 cm³/mol. The number of amides is 2. The van der Waals surface area contributed by atoms with Gasteiger partial charge >= 0.3 is 0 Å². The molecule has 0 radical (unpaired) electrons. The quantitative estimate of drug-likeness (QED) is 0.143. The molecule has 2 amide bonds. The number of fused-ring (bicyclic) bond motifs is 1.